The van der Waals surface area contributed by atoms with Gasteiger partial charge in [0.2, 0.25) is 6.17 Å². The number of hydrazone groups is 1. The summed E-state index contributed by atoms with van der Waals surface area (Å²) >= 11 is 12.8. The second-order valence-electron chi connectivity index (χ2n) is 7.72. The van der Waals surface area contributed by atoms with Crippen molar-refractivity contribution in [3.8, 4) is 5.75 Å². The van der Waals surface area contributed by atoms with Gasteiger partial charge in [-0.1, -0.05) is 35.3 Å². The number of hydrogen-bond acceptors (Lipinski definition) is 6. The largest absolute Gasteiger partial charge is 0.492 e. The normalized spacial score (nSPS) is 22.1. The molecule has 7 nitrogen and oxygen atoms in total. The Balaban J connectivity index is 1.96. The van der Waals surface area contributed by atoms with E-state index in [9.17, 15) is 23.1 Å². The first-order valence-electron chi connectivity index (χ1n) is 10.3. The molecule has 182 valence electrons. The summed E-state index contributed by atoms with van der Waals surface area (Å²) in [4.78, 5) is 12.6. The molecule has 0 aromatic heterocycles. The van der Waals surface area contributed by atoms with Crippen molar-refractivity contribution >= 4 is 40.7 Å². The average Bonchev–Trinajstić information content (AvgIpc) is 3.05. The van der Waals surface area contributed by atoms with Gasteiger partial charge in [0, 0.05) is 23.2 Å². The third-order valence-corrected chi connectivity index (χ3v) is 6.09. The van der Waals surface area contributed by atoms with E-state index in [1.165, 1.54) is 25.2 Å². The van der Waals surface area contributed by atoms with E-state index >= 15 is 0 Å². The van der Waals surface area contributed by atoms with E-state index in [0.29, 0.717) is 17.9 Å². The molecule has 0 saturated carbocycles. The summed E-state index contributed by atoms with van der Waals surface area (Å²) in [6.07, 6.45) is -9.84. The van der Waals surface area contributed by atoms with E-state index in [1.54, 1.807) is 25.1 Å². The summed E-state index contributed by atoms with van der Waals surface area (Å²) in [6, 6.07) is 9.33. The number of carboxylic acids is 1. The summed E-state index contributed by atoms with van der Waals surface area (Å²) < 4.78 is 54.1. The lowest BCUT2D eigenvalue weighted by atomic mass is 9.98. The predicted molar refractivity (Wildman–Crippen MR) is 121 cm³/mol. The van der Waals surface area contributed by atoms with Crippen LogP contribution in [0.2, 0.25) is 10.0 Å². The summed E-state index contributed by atoms with van der Waals surface area (Å²) in [5.74, 6) is -1.07. The van der Waals surface area contributed by atoms with Crippen molar-refractivity contribution in [1.29, 1.82) is 0 Å². The highest BCUT2D eigenvalue weighted by Gasteiger charge is 2.55. The summed E-state index contributed by atoms with van der Waals surface area (Å²) in [5, 5.41) is 14.7. The number of amidine groups is 1. The van der Waals surface area contributed by atoms with Crippen LogP contribution in [0.3, 0.4) is 0 Å². The Bertz CT molecular complexity index is 1140. The molecule has 2 aliphatic heterocycles. The lowest BCUT2D eigenvalue weighted by Crippen LogP contribution is -2.52. The van der Waals surface area contributed by atoms with Gasteiger partial charge in [-0.25, -0.2) is 0 Å². The van der Waals surface area contributed by atoms with Gasteiger partial charge >= 0.3 is 12.1 Å². The van der Waals surface area contributed by atoms with Crippen LogP contribution in [0.15, 0.2) is 41.5 Å². The lowest BCUT2D eigenvalue weighted by molar-refractivity contribution is -0.174. The zero-order chi connectivity index (χ0) is 24.8. The maximum atomic E-state index is 14.1. The van der Waals surface area contributed by atoms with Crippen LogP contribution >= 0.6 is 23.2 Å². The standard InChI is InChI=1S/C22H20Cl2F3N3O4/c1-3-33-15-6-4-5-12(18(15)24)19-13-9-11(23)7-8-14(13)30-20(16(34-19)10-17(31)32)28-29(2)21(30)22(25,26)27/h4-9,16,19,21H,3,10H2,1-2H3,(H,31,32)/t16-,19?,21?/m1/s1. The van der Waals surface area contributed by atoms with Gasteiger partial charge in [0.25, 0.3) is 0 Å². The molecule has 3 atom stereocenters. The van der Waals surface area contributed by atoms with Gasteiger partial charge in [0.15, 0.2) is 5.84 Å². The van der Waals surface area contributed by atoms with Crippen molar-refractivity contribution < 1.29 is 32.5 Å². The molecule has 0 bridgehead atoms. The minimum absolute atomic E-state index is 0.130. The predicted octanol–water partition coefficient (Wildman–Crippen LogP) is 5.31. The van der Waals surface area contributed by atoms with Gasteiger partial charge in [0.05, 0.1) is 23.7 Å². The van der Waals surface area contributed by atoms with Crippen LogP contribution in [0, 0.1) is 0 Å². The molecule has 0 saturated heterocycles. The topological polar surface area (TPSA) is 74.6 Å². The number of halogens is 5. The van der Waals surface area contributed by atoms with Crippen molar-refractivity contribution in [3.63, 3.8) is 0 Å². The highest BCUT2D eigenvalue weighted by atomic mass is 35.5. The molecule has 0 spiro atoms. The SMILES string of the molecule is CCOc1cccc(C2O[C@H](CC(=O)O)C3=NN(C)C(C(F)(F)F)N3c3ccc(Cl)cc32)c1Cl. The second kappa shape index (κ2) is 9.16. The summed E-state index contributed by atoms with van der Waals surface area (Å²) in [7, 11) is 1.17. The lowest BCUT2D eigenvalue weighted by Gasteiger charge is -2.32. The Morgan fingerprint density at radius 1 is 1.24 bits per heavy atom. The fourth-order valence-corrected chi connectivity index (χ4v) is 4.64. The third-order valence-electron chi connectivity index (χ3n) is 5.45. The van der Waals surface area contributed by atoms with Gasteiger partial charge < -0.3 is 14.6 Å². The molecule has 0 aliphatic carbocycles. The van der Waals surface area contributed by atoms with E-state index < -0.39 is 36.9 Å². The molecule has 4 rings (SSSR count). The number of ether oxygens (including phenoxy) is 2. The number of rotatable bonds is 5. The van der Waals surface area contributed by atoms with E-state index in [2.05, 4.69) is 5.10 Å². The molecule has 0 radical (unpaired) electrons. The first-order valence-corrected chi connectivity index (χ1v) is 11.0. The molecular weight excluding hydrogens is 498 g/mol. The van der Waals surface area contributed by atoms with Crippen LogP contribution in [0.5, 0.6) is 5.75 Å². The molecule has 2 unspecified atom stereocenters. The van der Waals surface area contributed by atoms with Gasteiger partial charge in [-0.3, -0.25) is 14.7 Å². The molecule has 2 aromatic rings. The first kappa shape index (κ1) is 24.4. The summed E-state index contributed by atoms with van der Waals surface area (Å²) in [5.41, 5.74) is 0.809. The van der Waals surface area contributed by atoms with Crippen LogP contribution in [-0.2, 0) is 9.53 Å². The van der Waals surface area contributed by atoms with Gasteiger partial charge in [-0.05, 0) is 31.2 Å². The van der Waals surface area contributed by atoms with Gasteiger partial charge in [0.1, 0.15) is 18.0 Å². The maximum Gasteiger partial charge on any atom is 0.429 e. The molecule has 2 aromatic carbocycles. The second-order valence-corrected chi connectivity index (χ2v) is 8.53. The fourth-order valence-electron chi connectivity index (χ4n) is 4.18. The Morgan fingerprint density at radius 3 is 2.62 bits per heavy atom. The van der Waals surface area contributed by atoms with E-state index in [0.717, 1.165) is 9.91 Å². The first-order chi connectivity index (χ1) is 16.0. The van der Waals surface area contributed by atoms with Crippen molar-refractivity contribution in [3.05, 3.63) is 57.6 Å². The van der Waals surface area contributed by atoms with Crippen LogP contribution < -0.4 is 9.64 Å². The molecule has 0 amide bonds. The molecule has 0 fully saturated rings. The molecule has 34 heavy (non-hydrogen) atoms. The maximum absolute atomic E-state index is 14.1. The van der Waals surface area contributed by atoms with Crippen molar-refractivity contribution in [1.82, 2.24) is 5.01 Å². The van der Waals surface area contributed by atoms with Crippen LogP contribution in [0.4, 0.5) is 18.9 Å². The minimum Gasteiger partial charge on any atom is -0.492 e. The molecular formula is C22H20Cl2F3N3O4. The number of hydrogen-bond donors (Lipinski definition) is 1. The number of anilines is 1. The molecule has 2 heterocycles. The highest BCUT2D eigenvalue weighted by Crippen LogP contribution is 2.47. The number of carboxylic acid groups (broad SMARTS) is 1. The number of aliphatic carboxylic acids is 1. The summed E-state index contributed by atoms with van der Waals surface area (Å²) in [6.45, 7) is 2.12. The third kappa shape index (κ3) is 4.37. The minimum atomic E-state index is -4.71. The van der Waals surface area contributed by atoms with Crippen molar-refractivity contribution in [2.75, 3.05) is 18.6 Å². The van der Waals surface area contributed by atoms with Gasteiger partial charge in [-0.2, -0.15) is 18.3 Å². The van der Waals surface area contributed by atoms with Gasteiger partial charge in [-0.15, -0.1) is 0 Å². The molecule has 1 N–H and O–H groups in total. The number of nitrogens with zero attached hydrogens (tertiary/aromatic N) is 3. The highest BCUT2D eigenvalue weighted by molar-refractivity contribution is 6.33. The monoisotopic (exact) mass is 517 g/mol. The van der Waals surface area contributed by atoms with Crippen LogP contribution in [-0.4, -0.2) is 54.0 Å². The zero-order valence-electron chi connectivity index (χ0n) is 18.0. The average molecular weight is 518 g/mol. The van der Waals surface area contributed by atoms with Crippen molar-refractivity contribution in [2.45, 2.75) is 37.9 Å². The number of alkyl halides is 3. The Hall–Kier alpha value is -2.69. The Labute approximate surface area is 203 Å². The number of fused-ring (bicyclic) bond motifs is 3. The van der Waals surface area contributed by atoms with E-state index in [1.807, 2.05) is 0 Å². The smallest absolute Gasteiger partial charge is 0.429 e. The van der Waals surface area contributed by atoms with Crippen LogP contribution in [0.1, 0.15) is 30.6 Å². The zero-order valence-corrected chi connectivity index (χ0v) is 19.5. The quantitative estimate of drug-likeness (QED) is 0.579. The van der Waals surface area contributed by atoms with E-state index in [4.69, 9.17) is 32.7 Å². The number of carbonyl (C=O) groups is 1. The molecule has 2 aliphatic rings. The van der Waals surface area contributed by atoms with Crippen molar-refractivity contribution in [2.24, 2.45) is 5.10 Å². The fraction of sp³-hybridized carbons (Fsp3) is 0.364. The Kier molecular flexibility index (Phi) is 6.58. The molecule has 12 heteroatoms. The Morgan fingerprint density at radius 2 is 1.97 bits per heavy atom. The number of benzene rings is 2. The van der Waals surface area contributed by atoms with Crippen LogP contribution in [0.25, 0.3) is 0 Å². The van der Waals surface area contributed by atoms with E-state index in [-0.39, 0.29) is 27.1 Å².